The molecule has 1 N–H and O–H groups in total. The van der Waals surface area contributed by atoms with Crippen LogP contribution < -0.4 is 0 Å². The quantitative estimate of drug-likeness (QED) is 0.227. The lowest BCUT2D eigenvalue weighted by Crippen LogP contribution is -2.27. The molecule has 1 unspecified atom stereocenters. The number of ketones is 1. The lowest BCUT2D eigenvalue weighted by Gasteiger charge is -2.22. The van der Waals surface area contributed by atoms with Crippen molar-refractivity contribution in [1.29, 1.82) is 0 Å². The number of Topliss-reactive ketones (excluding diaryl/α,β-unsaturated/α-hetero) is 1. The molecule has 0 aliphatic rings. The monoisotopic (exact) mass is 495 g/mol. The van der Waals surface area contributed by atoms with Crippen LogP contribution in [0.2, 0.25) is 0 Å². The second-order valence-electron chi connectivity index (χ2n) is 9.50. The Hall–Kier alpha value is -2.35. The molecule has 0 aliphatic heterocycles. The normalized spacial score (nSPS) is 12.5. The first-order valence-corrected chi connectivity index (χ1v) is 13.9. The molecule has 0 fully saturated rings. The van der Waals surface area contributed by atoms with E-state index < -0.39 is 0 Å². The van der Waals surface area contributed by atoms with Gasteiger partial charge in [-0.2, -0.15) is 0 Å². The minimum absolute atomic E-state index is 0.248. The molecule has 3 aromatic rings. The van der Waals surface area contributed by atoms with Crippen LogP contribution in [0.25, 0.3) is 0 Å². The number of aromatic amines is 1. The molecule has 0 aliphatic carbocycles. The smallest absolute Gasteiger partial charge is 0.162 e. The van der Waals surface area contributed by atoms with E-state index in [9.17, 15) is 4.79 Å². The molecular formula is C28H41N5OS. The lowest BCUT2D eigenvalue weighted by atomic mass is 9.97. The van der Waals surface area contributed by atoms with Crippen LogP contribution in [0.5, 0.6) is 0 Å². The number of carbonyl (C=O) groups is 1. The van der Waals surface area contributed by atoms with Gasteiger partial charge in [0, 0.05) is 42.5 Å². The zero-order chi connectivity index (χ0) is 24.9. The van der Waals surface area contributed by atoms with Crippen molar-refractivity contribution in [1.82, 2.24) is 24.8 Å². The van der Waals surface area contributed by atoms with Gasteiger partial charge in [-0.05, 0) is 56.8 Å². The molecule has 35 heavy (non-hydrogen) atoms. The van der Waals surface area contributed by atoms with Crippen LogP contribution in [-0.4, -0.2) is 50.2 Å². The van der Waals surface area contributed by atoms with Gasteiger partial charge in [-0.1, -0.05) is 45.0 Å². The number of H-pyrrole nitrogens is 1. The zero-order valence-electron chi connectivity index (χ0n) is 21.6. The Morgan fingerprint density at radius 2 is 1.71 bits per heavy atom. The van der Waals surface area contributed by atoms with Gasteiger partial charge in [0.25, 0.3) is 0 Å². The highest BCUT2D eigenvalue weighted by atomic mass is 32.1. The molecule has 190 valence electrons. The Morgan fingerprint density at radius 3 is 2.34 bits per heavy atom. The molecular weight excluding hydrogens is 454 g/mol. The average molecular weight is 496 g/mol. The number of nitrogens with one attached hydrogen (secondary N) is 1. The number of aromatic nitrogens is 3. The Balaban J connectivity index is 1.48. The highest BCUT2D eigenvalue weighted by Gasteiger charge is 2.14. The maximum atomic E-state index is 12.8. The molecule has 0 bridgehead atoms. The molecule has 2 aromatic heterocycles. The van der Waals surface area contributed by atoms with Crippen molar-refractivity contribution in [2.45, 2.75) is 72.5 Å². The van der Waals surface area contributed by atoms with Gasteiger partial charge in [-0.3, -0.25) is 9.69 Å². The number of nitrogens with zero attached hydrogens (tertiary/aromatic N) is 4. The fourth-order valence-corrected chi connectivity index (χ4v) is 5.04. The summed E-state index contributed by atoms with van der Waals surface area (Å²) in [6.45, 7) is 12.5. The Bertz CT molecular complexity index is 914. The molecule has 2 heterocycles. The van der Waals surface area contributed by atoms with Crippen molar-refractivity contribution in [2.24, 2.45) is 5.92 Å². The number of benzene rings is 1. The predicted molar refractivity (Wildman–Crippen MR) is 144 cm³/mol. The summed E-state index contributed by atoms with van der Waals surface area (Å²) < 4.78 is 0. The fraction of sp³-hybridized carbons (Fsp3) is 0.536. The predicted octanol–water partition coefficient (Wildman–Crippen LogP) is 6.18. The summed E-state index contributed by atoms with van der Waals surface area (Å²) in [7, 11) is 0. The Morgan fingerprint density at radius 1 is 0.943 bits per heavy atom. The maximum absolute atomic E-state index is 12.8. The van der Waals surface area contributed by atoms with Crippen LogP contribution in [-0.2, 0) is 19.6 Å². The first-order valence-electron chi connectivity index (χ1n) is 13.0. The van der Waals surface area contributed by atoms with E-state index in [0.717, 1.165) is 55.4 Å². The number of rotatable bonds is 17. The summed E-state index contributed by atoms with van der Waals surface area (Å²) in [5.41, 5.74) is 2.00. The van der Waals surface area contributed by atoms with Crippen LogP contribution in [0.3, 0.4) is 0 Å². The van der Waals surface area contributed by atoms with E-state index in [-0.39, 0.29) is 5.78 Å². The van der Waals surface area contributed by atoms with E-state index in [4.69, 9.17) is 0 Å². The minimum atomic E-state index is 0.248. The van der Waals surface area contributed by atoms with E-state index in [1.807, 2.05) is 29.9 Å². The van der Waals surface area contributed by atoms with Gasteiger partial charge in [0.15, 0.2) is 5.78 Å². The summed E-state index contributed by atoms with van der Waals surface area (Å²) in [6.07, 6.45) is 10.6. The molecule has 0 amide bonds. The van der Waals surface area contributed by atoms with Crippen molar-refractivity contribution in [3.05, 3.63) is 70.2 Å². The third kappa shape index (κ3) is 9.67. The van der Waals surface area contributed by atoms with Crippen molar-refractivity contribution in [3.63, 3.8) is 0 Å². The van der Waals surface area contributed by atoms with Crippen LogP contribution in [0.1, 0.15) is 79.6 Å². The minimum Gasteiger partial charge on any atom is -0.348 e. The summed E-state index contributed by atoms with van der Waals surface area (Å²) in [5, 5.41) is 3.10. The molecule has 0 saturated heterocycles. The Kier molecular flexibility index (Phi) is 11.6. The van der Waals surface area contributed by atoms with Crippen LogP contribution in [0.4, 0.5) is 0 Å². The van der Waals surface area contributed by atoms with Crippen LogP contribution >= 0.6 is 11.3 Å². The molecule has 0 radical (unpaired) electrons. The highest BCUT2D eigenvalue weighted by molar-refractivity contribution is 7.09. The molecule has 0 saturated carbocycles. The van der Waals surface area contributed by atoms with Gasteiger partial charge < -0.3 is 9.88 Å². The van der Waals surface area contributed by atoms with E-state index in [1.165, 1.54) is 31.5 Å². The van der Waals surface area contributed by atoms with Gasteiger partial charge >= 0.3 is 0 Å². The molecule has 6 nitrogen and oxygen atoms in total. The summed E-state index contributed by atoms with van der Waals surface area (Å²) in [6, 6.07) is 8.14. The summed E-state index contributed by atoms with van der Waals surface area (Å²) >= 11 is 1.67. The highest BCUT2D eigenvalue weighted by Crippen LogP contribution is 2.18. The molecule has 1 aromatic carbocycles. The number of thiazole rings is 1. The van der Waals surface area contributed by atoms with Crippen LogP contribution in [0, 0.1) is 5.92 Å². The van der Waals surface area contributed by atoms with Crippen molar-refractivity contribution in [3.8, 4) is 0 Å². The molecule has 1 atom stereocenters. The average Bonchev–Trinajstić information content (AvgIpc) is 3.56. The topological polar surface area (TPSA) is 65.1 Å². The Labute approximate surface area is 214 Å². The molecule has 0 spiro atoms. The third-order valence-corrected chi connectivity index (χ3v) is 7.10. The summed E-state index contributed by atoms with van der Waals surface area (Å²) in [5.74, 6) is 1.75. The van der Waals surface area contributed by atoms with Crippen molar-refractivity contribution < 1.29 is 4.79 Å². The van der Waals surface area contributed by atoms with Crippen LogP contribution in [0.15, 0.2) is 48.2 Å². The van der Waals surface area contributed by atoms with Crippen molar-refractivity contribution >= 4 is 17.1 Å². The second-order valence-corrected chi connectivity index (χ2v) is 10.5. The lowest BCUT2D eigenvalue weighted by molar-refractivity contribution is 0.0973. The van der Waals surface area contributed by atoms with Gasteiger partial charge in [0.05, 0.1) is 13.1 Å². The van der Waals surface area contributed by atoms with Crippen molar-refractivity contribution in [2.75, 3.05) is 19.6 Å². The molecule has 7 heteroatoms. The standard InChI is InChI=1S/C28H41N5OS/c1-4-16-32(17-5-2)18-12-23(3)6-11-26(34)25-9-7-24(8-10-25)20-33(21-27-29-13-14-30-27)22-28-31-15-19-35-28/h7-10,13-15,19,23H,4-6,11-12,16-18,20-22H2,1-3H3,(H,29,30). The summed E-state index contributed by atoms with van der Waals surface area (Å²) in [4.78, 5) is 29.7. The van der Waals surface area contributed by atoms with E-state index in [0.29, 0.717) is 12.3 Å². The van der Waals surface area contributed by atoms with E-state index in [1.54, 1.807) is 17.5 Å². The number of hydrogen-bond donors (Lipinski definition) is 1. The number of imidazole rings is 1. The SMILES string of the molecule is CCCN(CCC)CCC(C)CCC(=O)c1ccc(CN(Cc2ncc[nH]2)Cc2nccs2)cc1. The third-order valence-electron chi connectivity index (χ3n) is 6.33. The first-order chi connectivity index (χ1) is 17.1. The van der Waals surface area contributed by atoms with Gasteiger partial charge in [0.1, 0.15) is 10.8 Å². The zero-order valence-corrected chi connectivity index (χ0v) is 22.4. The van der Waals surface area contributed by atoms with E-state index in [2.05, 4.69) is 57.7 Å². The van der Waals surface area contributed by atoms with Gasteiger partial charge in [0.2, 0.25) is 0 Å². The van der Waals surface area contributed by atoms with Gasteiger partial charge in [-0.15, -0.1) is 11.3 Å². The second kappa shape index (κ2) is 14.9. The number of carbonyl (C=O) groups excluding carboxylic acids is 1. The largest absolute Gasteiger partial charge is 0.348 e. The van der Waals surface area contributed by atoms with E-state index >= 15 is 0 Å². The first kappa shape index (κ1) is 27.2. The maximum Gasteiger partial charge on any atom is 0.162 e. The molecule has 3 rings (SSSR count). The fourth-order valence-electron chi connectivity index (χ4n) is 4.38. The van der Waals surface area contributed by atoms with Gasteiger partial charge in [-0.25, -0.2) is 9.97 Å². The number of hydrogen-bond acceptors (Lipinski definition) is 6.